The van der Waals surface area contributed by atoms with Crippen molar-refractivity contribution in [1.29, 1.82) is 0 Å². The summed E-state index contributed by atoms with van der Waals surface area (Å²) in [5, 5.41) is 2.94. The molecule has 0 radical (unpaired) electrons. The van der Waals surface area contributed by atoms with Gasteiger partial charge in [-0.05, 0) is 12.1 Å². The van der Waals surface area contributed by atoms with E-state index in [-0.39, 0.29) is 29.6 Å². The Hall–Kier alpha value is -2.23. The fourth-order valence-electron chi connectivity index (χ4n) is 4.38. The first kappa shape index (κ1) is 19.1. The number of nitrogens with one attached hydrogen (secondary N) is 2. The maximum absolute atomic E-state index is 12.6. The number of aromatic amines is 1. The van der Waals surface area contributed by atoms with E-state index < -0.39 is 21.1 Å². The number of hydrogen-bond donors (Lipinski definition) is 2. The molecule has 3 atom stereocenters. The minimum Gasteiger partial charge on any atom is -0.375 e. The molecule has 1 amide bonds. The van der Waals surface area contributed by atoms with Crippen LogP contribution in [0, 0.1) is 5.92 Å². The van der Waals surface area contributed by atoms with Crippen molar-refractivity contribution >= 4 is 26.6 Å². The van der Waals surface area contributed by atoms with Crippen LogP contribution < -0.4 is 10.7 Å². The minimum atomic E-state index is -3.27. The highest BCUT2D eigenvalue weighted by atomic mass is 32.2. The van der Waals surface area contributed by atoms with Crippen LogP contribution in [0.3, 0.4) is 0 Å². The summed E-state index contributed by atoms with van der Waals surface area (Å²) >= 11 is 0. The topological polar surface area (TPSA) is 109 Å². The number of H-pyrrole nitrogens is 1. The van der Waals surface area contributed by atoms with Gasteiger partial charge in [-0.1, -0.05) is 12.1 Å². The first-order valence-corrected chi connectivity index (χ1v) is 10.9. The Morgan fingerprint density at radius 1 is 1.32 bits per heavy atom. The number of sulfone groups is 1. The molecular weight excluding hydrogens is 382 g/mol. The molecule has 2 aromatic rings. The second kappa shape index (κ2) is 7.31. The van der Waals surface area contributed by atoms with Crippen molar-refractivity contribution in [2.24, 2.45) is 5.92 Å². The highest BCUT2D eigenvalue weighted by Gasteiger charge is 2.52. The van der Waals surface area contributed by atoms with E-state index in [1.54, 1.807) is 12.1 Å². The number of methoxy groups -OCH3 is 1. The number of amides is 1. The van der Waals surface area contributed by atoms with Gasteiger partial charge in [0, 0.05) is 61.4 Å². The van der Waals surface area contributed by atoms with Crippen LogP contribution in [0.4, 0.5) is 0 Å². The lowest BCUT2D eigenvalue weighted by atomic mass is 10.0. The van der Waals surface area contributed by atoms with Gasteiger partial charge in [-0.3, -0.25) is 14.5 Å². The van der Waals surface area contributed by atoms with E-state index in [0.29, 0.717) is 25.0 Å². The van der Waals surface area contributed by atoms with Gasteiger partial charge in [0.15, 0.2) is 15.3 Å². The van der Waals surface area contributed by atoms with Crippen molar-refractivity contribution in [3.8, 4) is 0 Å². The lowest BCUT2D eigenvalue weighted by molar-refractivity contribution is -0.125. The molecule has 150 valence electrons. The number of carbonyl (C=O) groups is 1. The van der Waals surface area contributed by atoms with Crippen molar-refractivity contribution in [3.63, 3.8) is 0 Å². The standard InChI is InChI=1S/C19H23N3O5S/c1-27-10-19(24)21-16-11-28(25,26)18-9-22(8-14(16)18)7-12-6-17(23)13-4-2-3-5-15(13)20-12/h2-6,14,16,18H,7-11H2,1H3,(H,20,23)(H,21,24)/t14-,16+,18-/m0/s1. The third-order valence-electron chi connectivity index (χ3n) is 5.58. The third kappa shape index (κ3) is 3.57. The third-order valence-corrected chi connectivity index (χ3v) is 7.83. The summed E-state index contributed by atoms with van der Waals surface area (Å²) in [6, 6.07) is 8.48. The number of pyridine rings is 1. The summed E-state index contributed by atoms with van der Waals surface area (Å²) in [6.07, 6.45) is 0. The molecule has 2 aliphatic heterocycles. The lowest BCUT2D eigenvalue weighted by Gasteiger charge is -2.21. The summed E-state index contributed by atoms with van der Waals surface area (Å²) in [4.78, 5) is 29.5. The highest BCUT2D eigenvalue weighted by Crippen LogP contribution is 2.34. The molecule has 0 saturated carbocycles. The number of likely N-dealkylation sites (tertiary alicyclic amines) is 1. The molecule has 3 heterocycles. The van der Waals surface area contributed by atoms with Crippen molar-refractivity contribution in [2.75, 3.05) is 32.6 Å². The van der Waals surface area contributed by atoms with E-state index >= 15 is 0 Å². The predicted octanol–water partition coefficient (Wildman–Crippen LogP) is -0.112. The smallest absolute Gasteiger partial charge is 0.246 e. The molecule has 0 spiro atoms. The highest BCUT2D eigenvalue weighted by molar-refractivity contribution is 7.92. The average molecular weight is 405 g/mol. The van der Waals surface area contributed by atoms with Crippen LogP contribution in [0.1, 0.15) is 5.69 Å². The molecule has 1 aromatic carbocycles. The van der Waals surface area contributed by atoms with Crippen molar-refractivity contribution in [1.82, 2.24) is 15.2 Å². The van der Waals surface area contributed by atoms with Gasteiger partial charge in [0.05, 0.1) is 11.0 Å². The normalized spacial score (nSPS) is 26.4. The van der Waals surface area contributed by atoms with Gasteiger partial charge < -0.3 is 15.0 Å². The summed E-state index contributed by atoms with van der Waals surface area (Å²) in [6.45, 7) is 1.33. The van der Waals surface area contributed by atoms with Gasteiger partial charge in [-0.25, -0.2) is 8.42 Å². The quantitative estimate of drug-likeness (QED) is 0.719. The zero-order valence-corrected chi connectivity index (χ0v) is 16.4. The predicted molar refractivity (Wildman–Crippen MR) is 105 cm³/mol. The number of hydrogen-bond acceptors (Lipinski definition) is 6. The largest absolute Gasteiger partial charge is 0.375 e. The van der Waals surface area contributed by atoms with Crippen molar-refractivity contribution in [2.45, 2.75) is 17.8 Å². The molecule has 0 bridgehead atoms. The number of ether oxygens (including phenoxy) is 1. The molecule has 8 nitrogen and oxygen atoms in total. The molecule has 2 saturated heterocycles. The Bertz CT molecular complexity index is 1060. The molecule has 2 aliphatic rings. The molecule has 9 heteroatoms. The Morgan fingerprint density at radius 3 is 2.89 bits per heavy atom. The molecule has 0 aliphatic carbocycles. The van der Waals surface area contributed by atoms with Gasteiger partial charge >= 0.3 is 0 Å². The summed E-state index contributed by atoms with van der Waals surface area (Å²) < 4.78 is 29.9. The molecule has 0 unspecified atom stereocenters. The summed E-state index contributed by atoms with van der Waals surface area (Å²) in [5.74, 6) is -0.489. The SMILES string of the molecule is COCC(=O)N[C@@H]1CS(=O)(=O)[C@H]2CN(Cc3cc(=O)c4ccccc4[nH]3)C[C@@H]12. The second-order valence-corrected chi connectivity index (χ2v) is 9.80. The van der Waals surface area contributed by atoms with Crippen molar-refractivity contribution in [3.05, 3.63) is 46.2 Å². The molecule has 4 rings (SSSR count). The van der Waals surface area contributed by atoms with E-state index in [2.05, 4.69) is 10.3 Å². The molecule has 2 fully saturated rings. The molecule has 2 N–H and O–H groups in total. The average Bonchev–Trinajstić information content (AvgIpc) is 3.14. The maximum Gasteiger partial charge on any atom is 0.246 e. The fourth-order valence-corrected chi connectivity index (χ4v) is 6.70. The van der Waals surface area contributed by atoms with Gasteiger partial charge in [0.25, 0.3) is 0 Å². The first-order chi connectivity index (χ1) is 13.4. The van der Waals surface area contributed by atoms with Crippen LogP contribution >= 0.6 is 0 Å². The Labute approximate surface area is 162 Å². The maximum atomic E-state index is 12.6. The Morgan fingerprint density at radius 2 is 2.11 bits per heavy atom. The fraction of sp³-hybridized carbons (Fsp3) is 0.474. The van der Waals surface area contributed by atoms with Crippen LogP contribution in [0.25, 0.3) is 10.9 Å². The molecule has 28 heavy (non-hydrogen) atoms. The number of nitrogens with zero attached hydrogens (tertiary/aromatic N) is 1. The lowest BCUT2D eigenvalue weighted by Crippen LogP contribution is -2.43. The number of aromatic nitrogens is 1. The van der Waals surface area contributed by atoms with Crippen LogP contribution in [-0.2, 0) is 25.9 Å². The number of rotatable bonds is 5. The van der Waals surface area contributed by atoms with Crippen molar-refractivity contribution < 1.29 is 17.9 Å². The van der Waals surface area contributed by atoms with E-state index in [0.717, 1.165) is 11.2 Å². The molecular formula is C19H23N3O5S. The van der Waals surface area contributed by atoms with Crippen LogP contribution in [0.15, 0.2) is 35.1 Å². The Balaban J connectivity index is 1.51. The zero-order valence-electron chi connectivity index (χ0n) is 15.6. The Kier molecular flexibility index (Phi) is 4.98. The monoisotopic (exact) mass is 405 g/mol. The number of para-hydroxylation sites is 1. The van der Waals surface area contributed by atoms with Gasteiger partial charge in [-0.2, -0.15) is 0 Å². The van der Waals surface area contributed by atoms with Crippen LogP contribution in [0.5, 0.6) is 0 Å². The molecule has 1 aromatic heterocycles. The van der Waals surface area contributed by atoms with E-state index in [9.17, 15) is 18.0 Å². The second-order valence-electron chi connectivity index (χ2n) is 7.54. The summed E-state index contributed by atoms with van der Waals surface area (Å²) in [5.41, 5.74) is 1.46. The first-order valence-electron chi connectivity index (χ1n) is 9.20. The number of carbonyl (C=O) groups excluding carboxylic acids is 1. The van der Waals surface area contributed by atoms with Crippen LogP contribution in [0.2, 0.25) is 0 Å². The number of benzene rings is 1. The zero-order chi connectivity index (χ0) is 19.9. The van der Waals surface area contributed by atoms with E-state index in [4.69, 9.17) is 4.74 Å². The number of fused-ring (bicyclic) bond motifs is 2. The van der Waals surface area contributed by atoms with Gasteiger partial charge in [0.1, 0.15) is 6.61 Å². The van der Waals surface area contributed by atoms with Crippen LogP contribution in [-0.4, -0.2) is 68.1 Å². The van der Waals surface area contributed by atoms with Gasteiger partial charge in [0.2, 0.25) is 5.91 Å². The van der Waals surface area contributed by atoms with E-state index in [1.165, 1.54) is 7.11 Å². The van der Waals surface area contributed by atoms with Gasteiger partial charge in [-0.15, -0.1) is 0 Å². The summed E-state index contributed by atoms with van der Waals surface area (Å²) in [7, 11) is -1.84. The minimum absolute atomic E-state index is 0.0293. The van der Waals surface area contributed by atoms with E-state index in [1.807, 2.05) is 23.1 Å².